The molecule has 0 heterocycles. The van der Waals surface area contributed by atoms with E-state index < -0.39 is 0 Å². The fourth-order valence-corrected chi connectivity index (χ4v) is 25.7. The first-order valence-corrected chi connectivity index (χ1v) is 44.4. The molecule has 0 spiro atoms. The van der Waals surface area contributed by atoms with E-state index >= 15 is 0 Å². The van der Waals surface area contributed by atoms with Gasteiger partial charge in [0, 0.05) is 0 Å². The van der Waals surface area contributed by atoms with Gasteiger partial charge in [-0.15, -0.1) is 0 Å². The van der Waals surface area contributed by atoms with Gasteiger partial charge in [0.05, 0.1) is 0 Å². The van der Waals surface area contributed by atoms with Crippen LogP contribution in [0.3, 0.4) is 0 Å². The summed E-state index contributed by atoms with van der Waals surface area (Å²) in [5.41, 5.74) is 0. The van der Waals surface area contributed by atoms with E-state index in [4.69, 9.17) is 30.6 Å². The molecule has 22 rings (SSSR count). The van der Waals surface area contributed by atoms with Crippen molar-refractivity contribution in [3.63, 3.8) is 0 Å². The molecule has 16 saturated carbocycles. The summed E-state index contributed by atoms with van der Waals surface area (Å²) in [6, 6.07) is 52.3. The smallest absolute Gasteiger partial charge is 0.115 e. The van der Waals surface area contributed by atoms with Crippen LogP contribution >= 0.6 is 0 Å². The number of phenolic OH excluding ortho intramolecular Hbond substituents is 6. The molecule has 106 heavy (non-hydrogen) atoms. The number of benzene rings is 6. The molecule has 6 aromatic rings. The van der Waals surface area contributed by atoms with Crippen LogP contribution in [0.2, 0.25) is 0 Å². The fraction of sp³-hybridized carbons (Fsp3) is 0.640. The third-order valence-electron chi connectivity index (χ3n) is 28.4. The quantitative estimate of drug-likeness (QED) is 0.0843. The summed E-state index contributed by atoms with van der Waals surface area (Å²) in [6.07, 6.45) is 38.6. The van der Waals surface area contributed by atoms with Crippen molar-refractivity contribution in [3.8, 4) is 34.5 Å². The lowest BCUT2D eigenvalue weighted by Crippen LogP contribution is -2.35. The summed E-state index contributed by atoms with van der Waals surface area (Å²) in [4.78, 5) is 0. The highest BCUT2D eigenvalue weighted by Crippen LogP contribution is 2.74. The van der Waals surface area contributed by atoms with Gasteiger partial charge in [-0.1, -0.05) is 219 Å². The van der Waals surface area contributed by atoms with Gasteiger partial charge in [-0.05, 0) is 368 Å². The van der Waals surface area contributed by atoms with Crippen molar-refractivity contribution in [1.29, 1.82) is 0 Å². The van der Waals surface area contributed by atoms with Gasteiger partial charge in [0.25, 0.3) is 0 Å². The van der Waals surface area contributed by atoms with Crippen LogP contribution in [0.1, 0.15) is 251 Å². The van der Waals surface area contributed by atoms with Crippen LogP contribution in [0.5, 0.6) is 34.5 Å². The third kappa shape index (κ3) is 22.7. The fourth-order valence-electron chi connectivity index (χ4n) is 25.7. The van der Waals surface area contributed by atoms with E-state index in [0.29, 0.717) is 34.5 Å². The number of para-hydroxylation sites is 6. The lowest BCUT2D eigenvalue weighted by atomic mass is 9.64. The Hall–Kier alpha value is -5.88. The van der Waals surface area contributed by atoms with Crippen molar-refractivity contribution in [3.05, 3.63) is 182 Å². The molecule has 16 aliphatic carbocycles. The first-order chi connectivity index (χ1) is 51.9. The predicted molar refractivity (Wildman–Crippen MR) is 450 cm³/mol. The van der Waals surface area contributed by atoms with Crippen LogP contribution < -0.4 is 0 Å². The van der Waals surface area contributed by atoms with Crippen LogP contribution in [-0.2, 0) is 0 Å². The Balaban J connectivity index is 0.000000164. The Morgan fingerprint density at radius 3 is 0.500 bits per heavy atom. The normalized spacial score (nSPS) is 35.7. The minimum atomic E-state index is 0.322. The molecular formula is C100H152O6. The molecule has 6 heteroatoms. The summed E-state index contributed by atoms with van der Waals surface area (Å²) in [5, 5.41) is 51.8. The van der Waals surface area contributed by atoms with E-state index in [0.717, 1.165) is 11.8 Å². The van der Waals surface area contributed by atoms with Crippen LogP contribution in [0.15, 0.2) is 182 Å². The average molecular weight is 1450 g/mol. The van der Waals surface area contributed by atoms with E-state index in [1.165, 1.54) is 142 Å². The Bertz CT molecular complexity index is 2700. The Morgan fingerprint density at radius 1 is 0.179 bits per heavy atom. The topological polar surface area (TPSA) is 121 Å². The van der Waals surface area contributed by atoms with E-state index in [9.17, 15) is 0 Å². The highest BCUT2D eigenvalue weighted by molar-refractivity contribution is 5.23. The molecule has 24 atom stereocenters. The Kier molecular flexibility index (Phi) is 37.9. The molecule has 0 amide bonds. The van der Waals surface area contributed by atoms with Crippen LogP contribution in [0.4, 0.5) is 0 Å². The number of rotatable bonds is 0. The average Bonchev–Trinajstić information content (AvgIpc) is 1.54. The van der Waals surface area contributed by atoms with E-state index in [1.54, 1.807) is 300 Å². The number of aromatic hydroxyl groups is 6. The zero-order valence-corrected chi connectivity index (χ0v) is 69.0. The lowest BCUT2D eigenvalue weighted by Gasteiger charge is -2.40. The van der Waals surface area contributed by atoms with Crippen LogP contribution in [0.25, 0.3) is 0 Å². The maximum absolute atomic E-state index is 8.63. The van der Waals surface area contributed by atoms with Crippen molar-refractivity contribution in [1.82, 2.24) is 0 Å². The van der Waals surface area contributed by atoms with E-state index in [1.807, 2.05) is 119 Å². The second-order valence-electron chi connectivity index (χ2n) is 33.1. The molecule has 0 saturated heterocycles. The molecule has 6 N–H and O–H groups in total. The zero-order valence-electron chi connectivity index (χ0n) is 69.0. The van der Waals surface area contributed by atoms with Gasteiger partial charge in [0.15, 0.2) is 0 Å². The maximum atomic E-state index is 8.63. The van der Waals surface area contributed by atoms with Crippen molar-refractivity contribution in [2.75, 3.05) is 0 Å². The van der Waals surface area contributed by atoms with Gasteiger partial charge in [0.2, 0.25) is 0 Å². The summed E-state index contributed by atoms with van der Waals surface area (Å²) in [6.45, 7) is 28.9. The summed E-state index contributed by atoms with van der Waals surface area (Å²) >= 11 is 0. The molecule has 16 fully saturated rings. The Labute approximate surface area is 648 Å². The minimum absolute atomic E-state index is 0.322. The van der Waals surface area contributed by atoms with Crippen molar-refractivity contribution < 1.29 is 30.6 Å². The van der Waals surface area contributed by atoms with Crippen LogP contribution in [0, 0.1) is 154 Å². The Morgan fingerprint density at radius 2 is 0.340 bits per heavy atom. The van der Waals surface area contributed by atoms with Gasteiger partial charge in [-0.3, -0.25) is 0 Å². The number of hydrogen-bond acceptors (Lipinski definition) is 6. The van der Waals surface area contributed by atoms with E-state index in [-0.39, 0.29) is 0 Å². The molecule has 24 unspecified atom stereocenters. The number of fused-ring (bicyclic) bond motifs is 34. The zero-order chi connectivity index (χ0) is 76.7. The molecular weight excluding hydrogens is 1300 g/mol. The maximum Gasteiger partial charge on any atom is 0.115 e. The molecule has 588 valence electrons. The highest BCUT2D eigenvalue weighted by atomic mass is 16.3. The largest absolute Gasteiger partial charge is 0.508 e. The minimum Gasteiger partial charge on any atom is -0.508 e. The standard InChI is InChI=1S/2C15H22.2C11H18.6C6H6O.6C2H6/c2*1-2-10-11(3-1)13-7-12(10)14-8-4-5-9(6-8)15(13)14;2*1-7-4-10-8-2-3-9(6-8)11(10)5-7;6*7-6-4-2-1-3-5-6;6*1-2/h2*8-15H,1-7H2;2*7-11H,2-6H2,1H3;6*1-5,7H;6*1-2H3. The van der Waals surface area contributed by atoms with Crippen molar-refractivity contribution in [2.45, 2.75) is 251 Å². The molecule has 0 radical (unpaired) electrons. The van der Waals surface area contributed by atoms with Gasteiger partial charge < -0.3 is 30.6 Å². The second kappa shape index (κ2) is 45.9. The molecule has 12 bridgehead atoms. The van der Waals surface area contributed by atoms with E-state index in [2.05, 4.69) is 13.8 Å². The summed E-state index contributed by atoms with van der Waals surface area (Å²) < 4.78 is 0. The van der Waals surface area contributed by atoms with Gasteiger partial charge in [-0.2, -0.15) is 0 Å². The van der Waals surface area contributed by atoms with Crippen molar-refractivity contribution in [2.24, 2.45) is 154 Å². The first-order valence-electron chi connectivity index (χ1n) is 44.4. The molecule has 6 nitrogen and oxygen atoms in total. The molecule has 6 aromatic carbocycles. The van der Waals surface area contributed by atoms with Crippen molar-refractivity contribution >= 4 is 0 Å². The first kappa shape index (κ1) is 87.3. The monoisotopic (exact) mass is 1450 g/mol. The molecule has 0 aliphatic heterocycles. The second-order valence-corrected chi connectivity index (χ2v) is 33.1. The molecule has 0 aromatic heterocycles. The predicted octanol–water partition coefficient (Wildman–Crippen LogP) is 28.1. The highest BCUT2D eigenvalue weighted by Gasteiger charge is 2.67. The summed E-state index contributed by atoms with van der Waals surface area (Å²) in [7, 11) is 0. The number of phenols is 6. The van der Waals surface area contributed by atoms with Gasteiger partial charge in [0.1, 0.15) is 34.5 Å². The number of hydrogen-bond donors (Lipinski definition) is 6. The van der Waals surface area contributed by atoms with Crippen LogP contribution in [-0.4, -0.2) is 30.6 Å². The van der Waals surface area contributed by atoms with Gasteiger partial charge in [-0.25, -0.2) is 0 Å². The SMILES string of the molecule is C1CC2C(C1)C1CC2C2C3CCC(C3)C12.C1CC2C(C1)C1CC2C2C3CCC(C3)C12.CC.CC.CC.CC.CC.CC.CC1CC2C3CCC(C3)C2C1.CC1CC2C3CCC(C3)C2C1.Oc1ccccc1.Oc1ccccc1.Oc1ccccc1.Oc1ccccc1.Oc1ccccc1.Oc1ccccc1. The summed E-state index contributed by atoms with van der Waals surface area (Å²) in [5.74, 6) is 33.1. The molecule has 16 aliphatic rings. The van der Waals surface area contributed by atoms with Gasteiger partial charge >= 0.3 is 0 Å². The third-order valence-corrected chi connectivity index (χ3v) is 28.4. The lowest BCUT2D eigenvalue weighted by molar-refractivity contribution is 0.0716.